The van der Waals surface area contributed by atoms with Gasteiger partial charge in [-0.25, -0.2) is 4.79 Å². The van der Waals surface area contributed by atoms with Crippen LogP contribution in [0.3, 0.4) is 0 Å². The number of rotatable bonds is 4. The smallest absolute Gasteiger partial charge is 0.336 e. The maximum Gasteiger partial charge on any atom is 0.336 e. The highest BCUT2D eigenvalue weighted by molar-refractivity contribution is 5.89. The zero-order chi connectivity index (χ0) is 15.6. The molecule has 1 aromatic rings. The fraction of sp³-hybridized carbons (Fsp3) is 0.611. The first-order valence-electron chi connectivity index (χ1n) is 7.91. The summed E-state index contributed by atoms with van der Waals surface area (Å²) in [5.41, 5.74) is 1.90. The van der Waals surface area contributed by atoms with Crippen molar-refractivity contribution < 1.29 is 15.0 Å². The third-order valence-corrected chi connectivity index (χ3v) is 5.02. The first-order chi connectivity index (χ1) is 9.95. The van der Waals surface area contributed by atoms with E-state index in [1.165, 1.54) is 12.8 Å². The molecular formula is C18H26O3. The first-order valence-corrected chi connectivity index (χ1v) is 7.91. The predicted molar refractivity (Wildman–Crippen MR) is 83.4 cm³/mol. The van der Waals surface area contributed by atoms with Crippen LogP contribution in [0.1, 0.15) is 67.4 Å². The lowest BCUT2D eigenvalue weighted by molar-refractivity contribution is 0.0692. The standard InChI is InChI=1S/C18H26O3/c1-11(2)13-8-7-12(3)9-16(13)14-5-4-6-15(18(20)21)17(14)10-19/h4-6,11-13,16,19H,7-10H2,1-3H3,(H,20,21). The Hall–Kier alpha value is -1.35. The van der Waals surface area contributed by atoms with Crippen molar-refractivity contribution in [2.45, 2.75) is 52.6 Å². The summed E-state index contributed by atoms with van der Waals surface area (Å²) in [6.07, 6.45) is 3.51. The van der Waals surface area contributed by atoms with E-state index in [0.29, 0.717) is 29.2 Å². The van der Waals surface area contributed by atoms with Gasteiger partial charge in [0.2, 0.25) is 0 Å². The predicted octanol–water partition coefficient (Wildman–Crippen LogP) is 4.05. The summed E-state index contributed by atoms with van der Waals surface area (Å²) in [5.74, 6) is 1.20. The molecule has 0 spiro atoms. The topological polar surface area (TPSA) is 57.5 Å². The number of aliphatic hydroxyl groups is 1. The van der Waals surface area contributed by atoms with Gasteiger partial charge in [-0.05, 0) is 53.7 Å². The van der Waals surface area contributed by atoms with Gasteiger partial charge in [-0.15, -0.1) is 0 Å². The number of hydrogen-bond acceptors (Lipinski definition) is 2. The van der Waals surface area contributed by atoms with E-state index in [-0.39, 0.29) is 12.2 Å². The van der Waals surface area contributed by atoms with Crippen LogP contribution in [0.15, 0.2) is 18.2 Å². The van der Waals surface area contributed by atoms with Crippen molar-refractivity contribution in [2.75, 3.05) is 0 Å². The normalized spacial score (nSPS) is 26.0. The Morgan fingerprint density at radius 1 is 1.33 bits per heavy atom. The summed E-state index contributed by atoms with van der Waals surface area (Å²) in [4.78, 5) is 11.4. The van der Waals surface area contributed by atoms with Crippen LogP contribution in [0.25, 0.3) is 0 Å². The highest BCUT2D eigenvalue weighted by Gasteiger charge is 2.33. The van der Waals surface area contributed by atoms with Crippen molar-refractivity contribution in [2.24, 2.45) is 17.8 Å². The van der Waals surface area contributed by atoms with Crippen molar-refractivity contribution in [3.05, 3.63) is 34.9 Å². The molecular weight excluding hydrogens is 264 g/mol. The van der Waals surface area contributed by atoms with Crippen LogP contribution in [0.2, 0.25) is 0 Å². The Kier molecular flexibility index (Phi) is 5.04. The molecule has 3 atom stereocenters. The lowest BCUT2D eigenvalue weighted by Gasteiger charge is -2.38. The fourth-order valence-electron chi connectivity index (χ4n) is 3.89. The molecule has 1 aromatic carbocycles. The summed E-state index contributed by atoms with van der Waals surface area (Å²) >= 11 is 0. The van der Waals surface area contributed by atoms with Gasteiger partial charge >= 0.3 is 5.97 Å². The minimum atomic E-state index is -0.953. The Morgan fingerprint density at radius 2 is 2.05 bits per heavy atom. The average Bonchev–Trinajstić information content (AvgIpc) is 2.45. The third kappa shape index (κ3) is 3.29. The molecule has 0 radical (unpaired) electrons. The second-order valence-electron chi connectivity index (χ2n) is 6.77. The van der Waals surface area contributed by atoms with Crippen LogP contribution in [0, 0.1) is 17.8 Å². The quantitative estimate of drug-likeness (QED) is 0.879. The zero-order valence-electron chi connectivity index (χ0n) is 13.2. The van der Waals surface area contributed by atoms with Gasteiger partial charge in [0.05, 0.1) is 12.2 Å². The van der Waals surface area contributed by atoms with Crippen LogP contribution < -0.4 is 0 Å². The van der Waals surface area contributed by atoms with Crippen molar-refractivity contribution >= 4 is 5.97 Å². The lowest BCUT2D eigenvalue weighted by Crippen LogP contribution is -2.27. The second kappa shape index (κ2) is 6.61. The number of aliphatic hydroxyl groups excluding tert-OH is 1. The van der Waals surface area contributed by atoms with E-state index in [9.17, 15) is 15.0 Å². The van der Waals surface area contributed by atoms with Crippen molar-refractivity contribution in [3.63, 3.8) is 0 Å². The van der Waals surface area contributed by atoms with E-state index < -0.39 is 5.97 Å². The number of aromatic carboxylic acids is 1. The van der Waals surface area contributed by atoms with Gasteiger partial charge in [-0.2, -0.15) is 0 Å². The van der Waals surface area contributed by atoms with E-state index in [1.54, 1.807) is 6.07 Å². The summed E-state index contributed by atoms with van der Waals surface area (Å²) < 4.78 is 0. The molecule has 2 rings (SSSR count). The second-order valence-corrected chi connectivity index (χ2v) is 6.77. The van der Waals surface area contributed by atoms with Crippen LogP contribution in [-0.4, -0.2) is 16.2 Å². The van der Waals surface area contributed by atoms with Gasteiger partial charge in [0.1, 0.15) is 0 Å². The molecule has 3 heteroatoms. The number of benzene rings is 1. The molecule has 1 aliphatic rings. The van der Waals surface area contributed by atoms with Crippen LogP contribution >= 0.6 is 0 Å². The van der Waals surface area contributed by atoms with E-state index in [4.69, 9.17) is 0 Å². The van der Waals surface area contributed by atoms with Gasteiger partial charge in [0.25, 0.3) is 0 Å². The molecule has 2 N–H and O–H groups in total. The minimum absolute atomic E-state index is 0.201. The maximum absolute atomic E-state index is 11.4. The molecule has 3 unspecified atom stereocenters. The zero-order valence-corrected chi connectivity index (χ0v) is 13.2. The number of carbonyl (C=O) groups is 1. The highest BCUT2D eigenvalue weighted by Crippen LogP contribution is 2.45. The van der Waals surface area contributed by atoms with E-state index in [0.717, 1.165) is 12.0 Å². The number of carboxylic acid groups (broad SMARTS) is 1. The van der Waals surface area contributed by atoms with Gasteiger partial charge in [0.15, 0.2) is 0 Å². The molecule has 0 aliphatic heterocycles. The van der Waals surface area contributed by atoms with Gasteiger partial charge in [-0.3, -0.25) is 0 Å². The third-order valence-electron chi connectivity index (χ3n) is 5.02. The van der Waals surface area contributed by atoms with Gasteiger partial charge < -0.3 is 10.2 Å². The van der Waals surface area contributed by atoms with Crippen molar-refractivity contribution in [3.8, 4) is 0 Å². The molecule has 1 saturated carbocycles. The van der Waals surface area contributed by atoms with Crippen LogP contribution in [0.4, 0.5) is 0 Å². The van der Waals surface area contributed by atoms with E-state index >= 15 is 0 Å². The maximum atomic E-state index is 11.4. The Morgan fingerprint density at radius 3 is 2.62 bits per heavy atom. The molecule has 0 aromatic heterocycles. The summed E-state index contributed by atoms with van der Waals surface area (Å²) in [7, 11) is 0. The van der Waals surface area contributed by atoms with Crippen LogP contribution in [0.5, 0.6) is 0 Å². The first kappa shape index (κ1) is 16.0. The van der Waals surface area contributed by atoms with Crippen molar-refractivity contribution in [1.29, 1.82) is 0 Å². The van der Waals surface area contributed by atoms with E-state index in [1.807, 2.05) is 12.1 Å². The highest BCUT2D eigenvalue weighted by atomic mass is 16.4. The molecule has 0 amide bonds. The summed E-state index contributed by atoms with van der Waals surface area (Å²) in [5, 5.41) is 19.0. The average molecular weight is 290 g/mol. The summed E-state index contributed by atoms with van der Waals surface area (Å²) in [6.45, 7) is 6.55. The Bertz CT molecular complexity index is 507. The molecule has 3 nitrogen and oxygen atoms in total. The minimum Gasteiger partial charge on any atom is -0.478 e. The van der Waals surface area contributed by atoms with Crippen LogP contribution in [-0.2, 0) is 6.61 Å². The Balaban J connectivity index is 2.47. The monoisotopic (exact) mass is 290 g/mol. The lowest BCUT2D eigenvalue weighted by atomic mass is 9.66. The fourth-order valence-corrected chi connectivity index (χ4v) is 3.89. The molecule has 1 aliphatic carbocycles. The number of carboxylic acids is 1. The summed E-state index contributed by atoms with van der Waals surface area (Å²) in [6, 6.07) is 5.42. The molecule has 21 heavy (non-hydrogen) atoms. The molecule has 1 fully saturated rings. The van der Waals surface area contributed by atoms with Crippen molar-refractivity contribution in [1.82, 2.24) is 0 Å². The Labute approximate surface area is 127 Å². The molecule has 0 saturated heterocycles. The van der Waals surface area contributed by atoms with Gasteiger partial charge in [-0.1, -0.05) is 39.3 Å². The van der Waals surface area contributed by atoms with E-state index in [2.05, 4.69) is 20.8 Å². The molecule has 0 heterocycles. The molecule has 0 bridgehead atoms. The molecule has 116 valence electrons. The van der Waals surface area contributed by atoms with Gasteiger partial charge in [0, 0.05) is 0 Å². The number of hydrogen-bond donors (Lipinski definition) is 2. The SMILES string of the molecule is CC1CCC(C(C)C)C(c2cccc(C(=O)O)c2CO)C1. The largest absolute Gasteiger partial charge is 0.478 e.